The first kappa shape index (κ1) is 13.6. The van der Waals surface area contributed by atoms with E-state index in [9.17, 15) is 13.6 Å². The van der Waals surface area contributed by atoms with Crippen LogP contribution in [0, 0.1) is 11.3 Å². The van der Waals surface area contributed by atoms with Crippen molar-refractivity contribution in [1.29, 1.82) is 5.26 Å². The van der Waals surface area contributed by atoms with E-state index in [0.717, 1.165) is 0 Å². The zero-order valence-corrected chi connectivity index (χ0v) is 10.4. The lowest BCUT2D eigenvalue weighted by atomic mass is 10.00. The zero-order chi connectivity index (χ0) is 13.0. The molecule has 0 heterocycles. The first-order valence-electron chi connectivity index (χ1n) is 4.57. The molecule has 0 amide bonds. The number of alkyl halides is 2. The molecule has 90 valence electrons. The molecule has 3 nitrogen and oxygen atoms in total. The third-order valence-electron chi connectivity index (χ3n) is 2.12. The molecular weight excluding hydrogens is 296 g/mol. The Morgan fingerprint density at radius 2 is 2.24 bits per heavy atom. The van der Waals surface area contributed by atoms with Gasteiger partial charge >= 0.3 is 5.97 Å². The highest BCUT2D eigenvalue weighted by Gasteiger charge is 2.19. The quantitative estimate of drug-likeness (QED) is 0.807. The largest absolute Gasteiger partial charge is 0.469 e. The van der Waals surface area contributed by atoms with Crippen LogP contribution in [0.5, 0.6) is 0 Å². The van der Waals surface area contributed by atoms with Crippen molar-refractivity contribution >= 4 is 21.9 Å². The second kappa shape index (κ2) is 5.73. The van der Waals surface area contributed by atoms with Crippen molar-refractivity contribution in [3.05, 3.63) is 33.3 Å². The Morgan fingerprint density at radius 3 is 2.71 bits per heavy atom. The van der Waals surface area contributed by atoms with Crippen LogP contribution in [0.25, 0.3) is 0 Å². The summed E-state index contributed by atoms with van der Waals surface area (Å²) in [5.74, 6) is -0.584. The van der Waals surface area contributed by atoms with Crippen molar-refractivity contribution < 1.29 is 18.3 Å². The molecule has 1 aromatic carbocycles. The average Bonchev–Trinajstić information content (AvgIpc) is 2.28. The normalized spacial score (nSPS) is 10.1. The predicted molar refractivity (Wildman–Crippen MR) is 59.5 cm³/mol. The molecule has 0 saturated carbocycles. The van der Waals surface area contributed by atoms with E-state index in [4.69, 9.17) is 5.26 Å². The van der Waals surface area contributed by atoms with Crippen LogP contribution in [0.15, 0.2) is 16.6 Å². The molecule has 0 aromatic heterocycles. The third-order valence-corrected chi connectivity index (χ3v) is 2.58. The highest BCUT2D eigenvalue weighted by atomic mass is 79.9. The van der Waals surface area contributed by atoms with Crippen LogP contribution in [0.1, 0.15) is 23.1 Å². The maximum Gasteiger partial charge on any atom is 0.310 e. The Bertz CT molecular complexity index is 483. The summed E-state index contributed by atoms with van der Waals surface area (Å²) in [6.07, 6.45) is -2.98. The number of methoxy groups -OCH3 is 1. The van der Waals surface area contributed by atoms with Crippen molar-refractivity contribution in [2.45, 2.75) is 12.8 Å². The summed E-state index contributed by atoms with van der Waals surface area (Å²) in [6.45, 7) is 0. The second-order valence-electron chi connectivity index (χ2n) is 3.19. The first-order valence-corrected chi connectivity index (χ1v) is 5.36. The molecule has 0 fully saturated rings. The number of halogens is 3. The monoisotopic (exact) mass is 303 g/mol. The van der Waals surface area contributed by atoms with Crippen LogP contribution in [0.2, 0.25) is 0 Å². The number of benzene rings is 1. The number of rotatable bonds is 3. The minimum Gasteiger partial charge on any atom is -0.469 e. The van der Waals surface area contributed by atoms with Crippen molar-refractivity contribution in [3.63, 3.8) is 0 Å². The Balaban J connectivity index is 3.29. The number of nitriles is 1. The second-order valence-corrected chi connectivity index (χ2v) is 4.11. The van der Waals surface area contributed by atoms with Crippen LogP contribution in [0.4, 0.5) is 8.78 Å². The van der Waals surface area contributed by atoms with E-state index in [1.54, 1.807) is 6.07 Å². The lowest BCUT2D eigenvalue weighted by Crippen LogP contribution is -2.07. The lowest BCUT2D eigenvalue weighted by Gasteiger charge is -2.09. The van der Waals surface area contributed by atoms with Gasteiger partial charge < -0.3 is 4.74 Å². The number of ether oxygens (including phenoxy) is 1. The molecule has 0 N–H and O–H groups in total. The summed E-state index contributed by atoms with van der Waals surface area (Å²) in [5.41, 5.74) is -0.335. The SMILES string of the molecule is COC(=O)Cc1cc(Br)cc(C(F)F)c1C#N. The van der Waals surface area contributed by atoms with Crippen LogP contribution >= 0.6 is 15.9 Å². The van der Waals surface area contributed by atoms with Gasteiger partial charge in [-0.25, -0.2) is 8.78 Å². The Kier molecular flexibility index (Phi) is 4.58. The molecule has 1 aromatic rings. The summed E-state index contributed by atoms with van der Waals surface area (Å²) in [4.78, 5) is 11.1. The molecule has 1 rings (SSSR count). The van der Waals surface area contributed by atoms with Gasteiger partial charge in [-0.3, -0.25) is 4.79 Å². The minimum absolute atomic E-state index is 0.173. The minimum atomic E-state index is -2.77. The van der Waals surface area contributed by atoms with Gasteiger partial charge in [0, 0.05) is 10.0 Å². The number of hydrogen-bond donors (Lipinski definition) is 0. The fourth-order valence-electron chi connectivity index (χ4n) is 1.36. The summed E-state index contributed by atoms with van der Waals surface area (Å²) in [6, 6.07) is 4.32. The Morgan fingerprint density at radius 1 is 1.59 bits per heavy atom. The summed E-state index contributed by atoms with van der Waals surface area (Å²) in [5, 5.41) is 8.87. The van der Waals surface area contributed by atoms with E-state index in [-0.39, 0.29) is 23.1 Å². The van der Waals surface area contributed by atoms with Gasteiger partial charge in [0.2, 0.25) is 0 Å². The molecule has 6 heteroatoms. The van der Waals surface area contributed by atoms with E-state index >= 15 is 0 Å². The molecule has 0 atom stereocenters. The summed E-state index contributed by atoms with van der Waals surface area (Å²) < 4.78 is 30.2. The number of carbonyl (C=O) groups excluding carboxylic acids is 1. The molecule has 0 aliphatic rings. The third kappa shape index (κ3) is 3.24. The Hall–Kier alpha value is -1.48. The molecule has 17 heavy (non-hydrogen) atoms. The van der Waals surface area contributed by atoms with Gasteiger partial charge in [0.15, 0.2) is 0 Å². The van der Waals surface area contributed by atoms with E-state index in [0.29, 0.717) is 4.47 Å². The molecule has 0 unspecified atom stereocenters. The molecule has 0 bridgehead atoms. The molecule has 0 spiro atoms. The van der Waals surface area contributed by atoms with E-state index in [1.807, 2.05) is 0 Å². The number of esters is 1. The maximum absolute atomic E-state index is 12.7. The molecular formula is C11H8BrF2NO2. The van der Waals surface area contributed by atoms with Gasteiger partial charge in [-0.1, -0.05) is 15.9 Å². The van der Waals surface area contributed by atoms with Gasteiger partial charge in [0.05, 0.1) is 25.2 Å². The molecule has 0 saturated heterocycles. The van der Waals surface area contributed by atoms with Crippen LogP contribution in [-0.4, -0.2) is 13.1 Å². The predicted octanol–water partition coefficient (Wildman–Crippen LogP) is 2.97. The van der Waals surface area contributed by atoms with Gasteiger partial charge in [0.1, 0.15) is 0 Å². The van der Waals surface area contributed by atoms with Crippen LogP contribution in [-0.2, 0) is 16.0 Å². The topological polar surface area (TPSA) is 50.1 Å². The highest BCUT2D eigenvalue weighted by molar-refractivity contribution is 9.10. The number of nitrogens with zero attached hydrogens (tertiary/aromatic N) is 1. The maximum atomic E-state index is 12.7. The van der Waals surface area contributed by atoms with E-state index < -0.39 is 12.4 Å². The van der Waals surface area contributed by atoms with Crippen molar-refractivity contribution in [2.24, 2.45) is 0 Å². The molecule has 0 aliphatic carbocycles. The first-order chi connectivity index (χ1) is 7.99. The van der Waals surface area contributed by atoms with Gasteiger partial charge in [-0.2, -0.15) is 5.26 Å². The summed E-state index contributed by atoms with van der Waals surface area (Å²) in [7, 11) is 1.19. The van der Waals surface area contributed by atoms with Gasteiger partial charge in [0.25, 0.3) is 6.43 Å². The van der Waals surface area contributed by atoms with Crippen molar-refractivity contribution in [1.82, 2.24) is 0 Å². The molecule has 0 aliphatic heterocycles. The van der Waals surface area contributed by atoms with Crippen LogP contribution < -0.4 is 0 Å². The average molecular weight is 304 g/mol. The molecule has 0 radical (unpaired) electrons. The van der Waals surface area contributed by atoms with Crippen LogP contribution in [0.3, 0.4) is 0 Å². The van der Waals surface area contributed by atoms with Gasteiger partial charge in [-0.15, -0.1) is 0 Å². The zero-order valence-electron chi connectivity index (χ0n) is 8.84. The van der Waals surface area contributed by atoms with Gasteiger partial charge in [-0.05, 0) is 17.7 Å². The smallest absolute Gasteiger partial charge is 0.310 e. The fraction of sp³-hybridized carbons (Fsp3) is 0.273. The standard InChI is InChI=1S/C11H8BrF2NO2/c1-17-10(16)3-6-2-7(12)4-8(11(13)14)9(6)5-15/h2,4,11H,3H2,1H3. The van der Waals surface area contributed by atoms with E-state index in [1.165, 1.54) is 19.2 Å². The summed E-state index contributed by atoms with van der Waals surface area (Å²) >= 11 is 3.06. The highest BCUT2D eigenvalue weighted by Crippen LogP contribution is 2.29. The van der Waals surface area contributed by atoms with Crippen molar-refractivity contribution in [2.75, 3.05) is 7.11 Å². The lowest BCUT2D eigenvalue weighted by molar-refractivity contribution is -0.139. The van der Waals surface area contributed by atoms with Crippen molar-refractivity contribution in [3.8, 4) is 6.07 Å². The Labute approximate surface area is 105 Å². The number of carbonyl (C=O) groups is 1. The number of hydrogen-bond acceptors (Lipinski definition) is 3. The van der Waals surface area contributed by atoms with E-state index in [2.05, 4.69) is 20.7 Å². The fourth-order valence-corrected chi connectivity index (χ4v) is 1.88.